The van der Waals surface area contributed by atoms with E-state index in [0.29, 0.717) is 30.6 Å². The SMILES string of the molecule is CN(C)c1ccc(S(=O)(=O)N2CCCC2c2nc(N(C)C)no2)cn1. The highest BCUT2D eigenvalue weighted by molar-refractivity contribution is 7.89. The van der Waals surface area contributed by atoms with E-state index in [-0.39, 0.29) is 4.90 Å². The minimum absolute atomic E-state index is 0.164. The number of nitrogens with zero attached hydrogens (tertiary/aromatic N) is 6. The standard InChI is InChI=1S/C15H22N6O3S/c1-19(2)13-8-7-11(10-16-13)25(22,23)21-9-5-6-12(21)14-17-15(18-24-14)20(3)4/h7-8,10,12H,5-6,9H2,1-4H3. The van der Waals surface area contributed by atoms with Gasteiger partial charge in [-0.1, -0.05) is 0 Å². The molecule has 3 rings (SSSR count). The highest BCUT2D eigenvalue weighted by atomic mass is 32.2. The van der Waals surface area contributed by atoms with Crippen LogP contribution < -0.4 is 9.80 Å². The van der Waals surface area contributed by atoms with Crippen molar-refractivity contribution in [2.75, 3.05) is 44.5 Å². The fourth-order valence-corrected chi connectivity index (χ4v) is 4.34. The van der Waals surface area contributed by atoms with E-state index >= 15 is 0 Å². The van der Waals surface area contributed by atoms with Crippen LogP contribution in [-0.4, -0.2) is 62.6 Å². The Hall–Kier alpha value is -2.20. The number of pyridine rings is 1. The first-order valence-electron chi connectivity index (χ1n) is 7.97. The maximum atomic E-state index is 13.0. The molecule has 0 radical (unpaired) electrons. The van der Waals surface area contributed by atoms with E-state index in [0.717, 1.165) is 6.42 Å². The number of hydrogen-bond donors (Lipinski definition) is 0. The smallest absolute Gasteiger partial charge is 0.265 e. The van der Waals surface area contributed by atoms with Crippen molar-refractivity contribution in [1.82, 2.24) is 19.4 Å². The summed E-state index contributed by atoms with van der Waals surface area (Å²) in [5.41, 5.74) is 0. The van der Waals surface area contributed by atoms with Crippen molar-refractivity contribution in [2.24, 2.45) is 0 Å². The number of anilines is 2. The maximum Gasteiger partial charge on any atom is 0.265 e. The molecule has 0 spiro atoms. The molecule has 0 bridgehead atoms. The minimum Gasteiger partial charge on any atom is -0.363 e. The predicted octanol–water partition coefficient (Wildman–Crippen LogP) is 1.12. The summed E-state index contributed by atoms with van der Waals surface area (Å²) in [4.78, 5) is 12.2. The average Bonchev–Trinajstić information content (AvgIpc) is 3.24. The van der Waals surface area contributed by atoms with Crippen molar-refractivity contribution < 1.29 is 12.9 Å². The molecule has 1 aliphatic heterocycles. The van der Waals surface area contributed by atoms with Gasteiger partial charge in [0.2, 0.25) is 15.9 Å². The van der Waals surface area contributed by atoms with Gasteiger partial charge in [0.15, 0.2) is 0 Å². The molecular weight excluding hydrogens is 344 g/mol. The van der Waals surface area contributed by atoms with Gasteiger partial charge in [0.1, 0.15) is 16.8 Å². The summed E-state index contributed by atoms with van der Waals surface area (Å²) >= 11 is 0. The lowest BCUT2D eigenvalue weighted by atomic mass is 10.2. The third kappa shape index (κ3) is 3.31. The van der Waals surface area contributed by atoms with Gasteiger partial charge in [0, 0.05) is 40.9 Å². The Bertz CT molecular complexity index is 831. The summed E-state index contributed by atoms with van der Waals surface area (Å²) in [6, 6.07) is 2.82. The van der Waals surface area contributed by atoms with Crippen LogP contribution >= 0.6 is 0 Å². The first-order valence-corrected chi connectivity index (χ1v) is 9.41. The van der Waals surface area contributed by atoms with Crippen LogP contribution in [0.2, 0.25) is 0 Å². The highest BCUT2D eigenvalue weighted by Crippen LogP contribution is 2.36. The van der Waals surface area contributed by atoms with E-state index in [1.54, 1.807) is 31.1 Å². The van der Waals surface area contributed by atoms with Crippen molar-refractivity contribution in [3.05, 3.63) is 24.2 Å². The fraction of sp³-hybridized carbons (Fsp3) is 0.533. The molecule has 25 heavy (non-hydrogen) atoms. The molecule has 0 amide bonds. The van der Waals surface area contributed by atoms with Crippen molar-refractivity contribution in [1.29, 1.82) is 0 Å². The lowest BCUT2D eigenvalue weighted by molar-refractivity contribution is 0.290. The molecule has 1 atom stereocenters. The van der Waals surface area contributed by atoms with Gasteiger partial charge in [-0.05, 0) is 30.1 Å². The Morgan fingerprint density at radius 3 is 2.52 bits per heavy atom. The van der Waals surface area contributed by atoms with Gasteiger partial charge in [-0.15, -0.1) is 0 Å². The predicted molar refractivity (Wildman–Crippen MR) is 93.1 cm³/mol. The quantitative estimate of drug-likeness (QED) is 0.777. The summed E-state index contributed by atoms with van der Waals surface area (Å²) < 4.78 is 32.7. The first-order chi connectivity index (χ1) is 11.8. The van der Waals surface area contributed by atoms with Crippen LogP contribution in [0.1, 0.15) is 24.8 Å². The minimum atomic E-state index is -3.68. The Balaban J connectivity index is 1.89. The molecule has 3 heterocycles. The van der Waals surface area contributed by atoms with E-state index in [2.05, 4.69) is 15.1 Å². The van der Waals surface area contributed by atoms with Crippen molar-refractivity contribution in [3.8, 4) is 0 Å². The zero-order valence-corrected chi connectivity index (χ0v) is 15.6. The van der Waals surface area contributed by atoms with Gasteiger partial charge in [-0.3, -0.25) is 0 Å². The summed E-state index contributed by atoms with van der Waals surface area (Å²) in [5.74, 6) is 1.45. The topological polar surface area (TPSA) is 95.7 Å². The monoisotopic (exact) mass is 366 g/mol. The summed E-state index contributed by atoms with van der Waals surface area (Å²) in [7, 11) is 3.63. The van der Waals surface area contributed by atoms with Gasteiger partial charge in [0.05, 0.1) is 0 Å². The molecule has 0 aliphatic carbocycles. The summed E-state index contributed by atoms with van der Waals surface area (Å²) in [6.07, 6.45) is 2.78. The molecule has 0 N–H and O–H groups in total. The number of hydrogen-bond acceptors (Lipinski definition) is 8. The van der Waals surface area contributed by atoms with E-state index in [4.69, 9.17) is 4.52 Å². The highest BCUT2D eigenvalue weighted by Gasteiger charge is 2.39. The molecule has 1 aliphatic rings. The molecule has 2 aromatic rings. The third-order valence-electron chi connectivity index (χ3n) is 4.11. The number of aromatic nitrogens is 3. The zero-order chi connectivity index (χ0) is 18.2. The molecule has 1 fully saturated rings. The van der Waals surface area contributed by atoms with Gasteiger partial charge < -0.3 is 14.3 Å². The van der Waals surface area contributed by atoms with E-state index in [1.165, 1.54) is 10.5 Å². The second-order valence-corrected chi connectivity index (χ2v) is 8.24. The van der Waals surface area contributed by atoms with Gasteiger partial charge in [0.25, 0.3) is 5.95 Å². The van der Waals surface area contributed by atoms with Gasteiger partial charge in [-0.2, -0.15) is 9.29 Å². The van der Waals surface area contributed by atoms with Crippen LogP contribution in [0.3, 0.4) is 0 Å². The molecule has 0 saturated carbocycles. The zero-order valence-electron chi connectivity index (χ0n) is 14.7. The number of sulfonamides is 1. The van der Waals surface area contributed by atoms with Crippen LogP contribution in [0.5, 0.6) is 0 Å². The largest absolute Gasteiger partial charge is 0.363 e. The lowest BCUT2D eigenvalue weighted by Gasteiger charge is -2.21. The summed E-state index contributed by atoms with van der Waals surface area (Å²) in [6.45, 7) is 0.419. The van der Waals surface area contributed by atoms with E-state index in [9.17, 15) is 8.42 Å². The molecule has 1 saturated heterocycles. The second-order valence-electron chi connectivity index (χ2n) is 6.35. The van der Waals surface area contributed by atoms with E-state index in [1.807, 2.05) is 19.0 Å². The summed E-state index contributed by atoms with van der Waals surface area (Å²) in [5, 5.41) is 3.88. The van der Waals surface area contributed by atoms with Crippen LogP contribution in [0.15, 0.2) is 27.7 Å². The molecule has 2 aromatic heterocycles. The average molecular weight is 366 g/mol. The Morgan fingerprint density at radius 2 is 1.96 bits per heavy atom. The number of rotatable bonds is 5. The second kappa shape index (κ2) is 6.60. The molecule has 0 aromatic carbocycles. The first kappa shape index (κ1) is 17.6. The van der Waals surface area contributed by atoms with Crippen LogP contribution in [0.25, 0.3) is 0 Å². The maximum absolute atomic E-state index is 13.0. The molecule has 9 nitrogen and oxygen atoms in total. The Kier molecular flexibility index (Phi) is 4.65. The normalized spacial score (nSPS) is 18.5. The molecular formula is C15H22N6O3S. The third-order valence-corrected chi connectivity index (χ3v) is 6.00. The fourth-order valence-electron chi connectivity index (χ4n) is 2.74. The van der Waals surface area contributed by atoms with Crippen LogP contribution in [0, 0.1) is 0 Å². The van der Waals surface area contributed by atoms with Crippen LogP contribution in [-0.2, 0) is 10.0 Å². The molecule has 136 valence electrons. The molecule has 10 heteroatoms. The van der Waals surface area contributed by atoms with Crippen molar-refractivity contribution in [3.63, 3.8) is 0 Å². The van der Waals surface area contributed by atoms with Crippen molar-refractivity contribution in [2.45, 2.75) is 23.8 Å². The lowest BCUT2D eigenvalue weighted by Crippen LogP contribution is -2.31. The Labute approximate surface area is 147 Å². The van der Waals surface area contributed by atoms with Gasteiger partial charge >= 0.3 is 0 Å². The molecule has 1 unspecified atom stereocenters. The van der Waals surface area contributed by atoms with Crippen LogP contribution in [0.4, 0.5) is 11.8 Å². The van der Waals surface area contributed by atoms with E-state index < -0.39 is 16.1 Å². The Morgan fingerprint density at radius 1 is 1.20 bits per heavy atom. The van der Waals surface area contributed by atoms with Crippen molar-refractivity contribution >= 4 is 21.8 Å². The van der Waals surface area contributed by atoms with Gasteiger partial charge in [-0.25, -0.2) is 13.4 Å².